The normalized spacial score (nSPS) is 12.5. The van der Waals surface area contributed by atoms with Crippen molar-refractivity contribution in [1.29, 1.82) is 0 Å². The molecular weight excluding hydrogens is 174 g/mol. The number of ether oxygens (including phenoxy) is 2. The van der Waals surface area contributed by atoms with Crippen molar-refractivity contribution < 1.29 is 19.4 Å². The Bertz CT molecular complexity index is 140. The van der Waals surface area contributed by atoms with Gasteiger partial charge in [-0.3, -0.25) is 4.79 Å². The molecule has 0 aliphatic rings. The zero-order valence-electron chi connectivity index (χ0n) is 8.08. The number of hydrogen-bond acceptors (Lipinski definition) is 4. The summed E-state index contributed by atoms with van der Waals surface area (Å²) in [5.41, 5.74) is 0. The van der Waals surface area contributed by atoms with E-state index in [4.69, 9.17) is 4.74 Å². The number of rotatable bonds is 7. The van der Waals surface area contributed by atoms with Crippen molar-refractivity contribution in [1.82, 2.24) is 5.32 Å². The summed E-state index contributed by atoms with van der Waals surface area (Å²) < 4.78 is 9.33. The molecular formula is C8H17NO4. The van der Waals surface area contributed by atoms with Gasteiger partial charge in [-0.15, -0.1) is 0 Å². The summed E-state index contributed by atoms with van der Waals surface area (Å²) in [6.45, 7) is 0.785. The van der Waals surface area contributed by atoms with Gasteiger partial charge in [0.05, 0.1) is 12.7 Å². The van der Waals surface area contributed by atoms with Crippen molar-refractivity contribution in [3.05, 3.63) is 0 Å². The van der Waals surface area contributed by atoms with E-state index in [-0.39, 0.29) is 12.5 Å². The van der Waals surface area contributed by atoms with Gasteiger partial charge >= 0.3 is 0 Å². The molecule has 0 aliphatic heterocycles. The van der Waals surface area contributed by atoms with Crippen LogP contribution < -0.4 is 5.32 Å². The summed E-state index contributed by atoms with van der Waals surface area (Å²) in [7, 11) is 2.98. The Hall–Kier alpha value is -0.650. The Morgan fingerprint density at radius 3 is 2.69 bits per heavy atom. The zero-order valence-corrected chi connectivity index (χ0v) is 8.08. The Morgan fingerprint density at radius 2 is 2.15 bits per heavy atom. The van der Waals surface area contributed by atoms with Crippen LogP contribution in [0.3, 0.4) is 0 Å². The van der Waals surface area contributed by atoms with Gasteiger partial charge in [-0.2, -0.15) is 0 Å². The van der Waals surface area contributed by atoms with Gasteiger partial charge in [0.15, 0.2) is 0 Å². The molecule has 0 aromatic rings. The van der Waals surface area contributed by atoms with Gasteiger partial charge in [0.25, 0.3) is 0 Å². The van der Waals surface area contributed by atoms with E-state index in [0.717, 1.165) is 0 Å². The number of aliphatic hydroxyl groups is 1. The number of aliphatic hydroxyl groups excluding tert-OH is 1. The zero-order chi connectivity index (χ0) is 10.1. The molecule has 0 radical (unpaired) electrons. The molecule has 0 fully saturated rings. The average Bonchev–Trinajstić information content (AvgIpc) is 2.05. The summed E-state index contributed by atoms with van der Waals surface area (Å²) in [5.74, 6) is -0.174. The molecule has 0 heterocycles. The highest BCUT2D eigenvalue weighted by Crippen LogP contribution is 1.89. The van der Waals surface area contributed by atoms with Crippen LogP contribution >= 0.6 is 0 Å². The van der Waals surface area contributed by atoms with Crippen LogP contribution in [-0.4, -0.2) is 51.1 Å². The SMILES string of the molecule is COCC(=O)NCCC(O)COC. The first-order valence-electron chi connectivity index (χ1n) is 4.13. The second-order valence-electron chi connectivity index (χ2n) is 2.68. The lowest BCUT2D eigenvalue weighted by molar-refractivity contribution is -0.124. The second kappa shape index (κ2) is 7.97. The summed E-state index contributed by atoms with van der Waals surface area (Å²) in [6.07, 6.45) is -0.0311. The molecule has 0 rings (SSSR count). The van der Waals surface area contributed by atoms with Crippen LogP contribution in [0.1, 0.15) is 6.42 Å². The molecule has 5 heteroatoms. The number of nitrogens with one attached hydrogen (secondary N) is 1. The highest BCUT2D eigenvalue weighted by molar-refractivity contribution is 5.77. The molecule has 1 amide bonds. The molecule has 0 saturated carbocycles. The summed E-state index contributed by atoms with van der Waals surface area (Å²) in [4.78, 5) is 10.8. The van der Waals surface area contributed by atoms with Crippen LogP contribution in [0.2, 0.25) is 0 Å². The molecule has 0 bridgehead atoms. The van der Waals surface area contributed by atoms with Crippen molar-refractivity contribution in [3.63, 3.8) is 0 Å². The third kappa shape index (κ3) is 7.70. The van der Waals surface area contributed by atoms with Gasteiger partial charge in [0.2, 0.25) is 5.91 Å². The lowest BCUT2D eigenvalue weighted by Crippen LogP contribution is -2.30. The monoisotopic (exact) mass is 191 g/mol. The van der Waals surface area contributed by atoms with Crippen molar-refractivity contribution >= 4 is 5.91 Å². The summed E-state index contributed by atoms with van der Waals surface area (Å²) in [6, 6.07) is 0. The molecule has 0 aromatic carbocycles. The quantitative estimate of drug-likeness (QED) is 0.550. The van der Waals surface area contributed by atoms with Crippen LogP contribution in [0.25, 0.3) is 0 Å². The largest absolute Gasteiger partial charge is 0.391 e. The van der Waals surface area contributed by atoms with E-state index >= 15 is 0 Å². The van der Waals surface area contributed by atoms with E-state index in [1.807, 2.05) is 0 Å². The number of methoxy groups -OCH3 is 2. The number of amides is 1. The van der Waals surface area contributed by atoms with Crippen LogP contribution in [0.15, 0.2) is 0 Å². The van der Waals surface area contributed by atoms with Gasteiger partial charge in [-0.1, -0.05) is 0 Å². The van der Waals surface area contributed by atoms with Crippen molar-refractivity contribution in [2.75, 3.05) is 34.0 Å². The van der Waals surface area contributed by atoms with Crippen LogP contribution in [0.4, 0.5) is 0 Å². The molecule has 13 heavy (non-hydrogen) atoms. The fraction of sp³-hybridized carbons (Fsp3) is 0.875. The lowest BCUT2D eigenvalue weighted by atomic mass is 10.2. The van der Waals surface area contributed by atoms with E-state index in [9.17, 15) is 9.90 Å². The highest BCUT2D eigenvalue weighted by atomic mass is 16.5. The first kappa shape index (κ1) is 12.3. The maximum atomic E-state index is 10.8. The minimum Gasteiger partial charge on any atom is -0.391 e. The van der Waals surface area contributed by atoms with E-state index in [2.05, 4.69) is 10.1 Å². The molecule has 78 valence electrons. The first-order valence-corrected chi connectivity index (χ1v) is 4.13. The summed E-state index contributed by atoms with van der Waals surface area (Å²) >= 11 is 0. The summed E-state index contributed by atoms with van der Waals surface area (Å²) in [5, 5.41) is 11.8. The Labute approximate surface area is 78.0 Å². The molecule has 5 nitrogen and oxygen atoms in total. The fourth-order valence-corrected chi connectivity index (χ4v) is 0.836. The van der Waals surface area contributed by atoms with Gasteiger partial charge in [-0.05, 0) is 6.42 Å². The third-order valence-corrected chi connectivity index (χ3v) is 1.43. The van der Waals surface area contributed by atoms with Gasteiger partial charge in [0.1, 0.15) is 6.61 Å². The molecule has 0 aromatic heterocycles. The third-order valence-electron chi connectivity index (χ3n) is 1.43. The van der Waals surface area contributed by atoms with Crippen LogP contribution in [0, 0.1) is 0 Å². The lowest BCUT2D eigenvalue weighted by Gasteiger charge is -2.09. The van der Waals surface area contributed by atoms with Gasteiger partial charge in [0, 0.05) is 20.8 Å². The number of hydrogen-bond donors (Lipinski definition) is 2. The smallest absolute Gasteiger partial charge is 0.245 e. The molecule has 1 unspecified atom stereocenters. The topological polar surface area (TPSA) is 67.8 Å². The fourth-order valence-electron chi connectivity index (χ4n) is 0.836. The van der Waals surface area contributed by atoms with Crippen molar-refractivity contribution in [2.24, 2.45) is 0 Å². The molecule has 2 N–H and O–H groups in total. The maximum Gasteiger partial charge on any atom is 0.245 e. The van der Waals surface area contributed by atoms with E-state index in [0.29, 0.717) is 19.6 Å². The minimum atomic E-state index is -0.521. The van der Waals surface area contributed by atoms with E-state index < -0.39 is 6.10 Å². The Balaban J connectivity index is 3.28. The molecule has 0 saturated heterocycles. The van der Waals surface area contributed by atoms with E-state index in [1.165, 1.54) is 14.2 Å². The molecule has 0 spiro atoms. The molecule has 1 atom stereocenters. The van der Waals surface area contributed by atoms with Gasteiger partial charge < -0.3 is 19.9 Å². The van der Waals surface area contributed by atoms with Crippen molar-refractivity contribution in [3.8, 4) is 0 Å². The average molecular weight is 191 g/mol. The van der Waals surface area contributed by atoms with Crippen LogP contribution in [-0.2, 0) is 14.3 Å². The van der Waals surface area contributed by atoms with E-state index in [1.54, 1.807) is 0 Å². The van der Waals surface area contributed by atoms with Gasteiger partial charge in [-0.25, -0.2) is 0 Å². The highest BCUT2D eigenvalue weighted by Gasteiger charge is 2.04. The first-order chi connectivity index (χ1) is 6.20. The molecule has 0 aliphatic carbocycles. The maximum absolute atomic E-state index is 10.8. The Morgan fingerprint density at radius 1 is 1.46 bits per heavy atom. The minimum absolute atomic E-state index is 0.0559. The number of carbonyl (C=O) groups excluding carboxylic acids is 1. The van der Waals surface area contributed by atoms with Crippen molar-refractivity contribution in [2.45, 2.75) is 12.5 Å². The standard InChI is InChI=1S/C8H17NO4/c1-12-5-7(10)3-4-9-8(11)6-13-2/h7,10H,3-6H2,1-2H3,(H,9,11). The number of carbonyl (C=O) groups is 1. The second-order valence-corrected chi connectivity index (χ2v) is 2.68. The predicted octanol–water partition coefficient (Wildman–Crippen LogP) is -0.854. The predicted molar refractivity (Wildman–Crippen MR) is 47.4 cm³/mol. The Kier molecular flexibility index (Phi) is 7.57. The van der Waals surface area contributed by atoms with Crippen LogP contribution in [0.5, 0.6) is 0 Å².